The van der Waals surface area contributed by atoms with Crippen molar-refractivity contribution in [3.63, 3.8) is 0 Å². The lowest BCUT2D eigenvalue weighted by Crippen LogP contribution is -2.49. The maximum Gasteiger partial charge on any atom is 0.344 e. The first-order valence-electron chi connectivity index (χ1n) is 17.0. The Morgan fingerprint density at radius 3 is 2.10 bits per heavy atom. The Hall–Kier alpha value is -5.13. The number of amides is 1. The van der Waals surface area contributed by atoms with Gasteiger partial charge in [-0.15, -0.1) is 0 Å². The molecule has 0 N–H and O–H groups in total. The van der Waals surface area contributed by atoms with Gasteiger partial charge in [0.05, 0.1) is 48.1 Å². The van der Waals surface area contributed by atoms with Crippen LogP contribution in [0.1, 0.15) is 62.3 Å². The lowest BCUT2D eigenvalue weighted by molar-refractivity contribution is -0.162. The molecule has 3 aromatic rings. The van der Waals surface area contributed by atoms with Crippen molar-refractivity contribution >= 4 is 17.8 Å². The summed E-state index contributed by atoms with van der Waals surface area (Å²) in [5.41, 5.74) is 2.30. The molecule has 276 valence electrons. The van der Waals surface area contributed by atoms with Crippen molar-refractivity contribution in [1.29, 1.82) is 0 Å². The standard InChI is InChI=1S/C39H49NO11/c1-25(2)50-37(42)24-49-29-12-10-11-28(23-29)31(16-14-26-15-17-32(44-3)33(19-26)45-4)51-39(43)30-13-8-9-18-40(30)36(41)22-27-20-34(46-5)38(48-7)35(21-27)47-6/h10-12,15,17,19-21,23,25,30-31H,8-9,13-14,16,18,22,24H2,1-7H3/t30-,31+/m0/s1. The summed E-state index contributed by atoms with van der Waals surface area (Å²) in [6, 6.07) is 15.5. The van der Waals surface area contributed by atoms with E-state index in [1.165, 1.54) is 21.3 Å². The fourth-order valence-electron chi connectivity index (χ4n) is 6.08. The molecule has 12 nitrogen and oxygen atoms in total. The predicted molar refractivity (Wildman–Crippen MR) is 189 cm³/mol. The molecule has 1 amide bonds. The molecule has 1 aliphatic rings. The third kappa shape index (κ3) is 10.4. The molecule has 4 rings (SSSR count). The van der Waals surface area contributed by atoms with E-state index in [9.17, 15) is 14.4 Å². The predicted octanol–water partition coefficient (Wildman–Crippen LogP) is 5.90. The van der Waals surface area contributed by atoms with Gasteiger partial charge in [-0.2, -0.15) is 0 Å². The average molecular weight is 708 g/mol. The molecule has 1 heterocycles. The molecule has 51 heavy (non-hydrogen) atoms. The van der Waals surface area contributed by atoms with Crippen molar-refractivity contribution in [3.05, 3.63) is 71.3 Å². The molecule has 1 saturated heterocycles. The summed E-state index contributed by atoms with van der Waals surface area (Å²) in [7, 11) is 7.71. The van der Waals surface area contributed by atoms with Gasteiger partial charge in [0.25, 0.3) is 0 Å². The van der Waals surface area contributed by atoms with E-state index in [0.717, 1.165) is 18.4 Å². The van der Waals surface area contributed by atoms with E-state index in [2.05, 4.69) is 0 Å². The second kappa shape index (κ2) is 18.7. The molecule has 0 aliphatic carbocycles. The molecule has 2 atom stereocenters. The van der Waals surface area contributed by atoms with E-state index in [1.807, 2.05) is 24.3 Å². The van der Waals surface area contributed by atoms with Crippen molar-refractivity contribution in [2.24, 2.45) is 0 Å². The first-order chi connectivity index (χ1) is 24.6. The van der Waals surface area contributed by atoms with Crippen LogP contribution in [0.5, 0.6) is 34.5 Å². The van der Waals surface area contributed by atoms with Gasteiger partial charge in [-0.3, -0.25) is 4.79 Å². The molecule has 0 unspecified atom stereocenters. The van der Waals surface area contributed by atoms with Crippen LogP contribution in [0.25, 0.3) is 0 Å². The lowest BCUT2D eigenvalue weighted by atomic mass is 9.99. The highest BCUT2D eigenvalue weighted by molar-refractivity contribution is 5.86. The van der Waals surface area contributed by atoms with Gasteiger partial charge in [-0.05, 0) is 99.0 Å². The molecule has 0 aromatic heterocycles. The van der Waals surface area contributed by atoms with Crippen LogP contribution in [-0.4, -0.2) is 83.6 Å². The third-order valence-corrected chi connectivity index (χ3v) is 8.53. The van der Waals surface area contributed by atoms with Crippen LogP contribution in [0, 0.1) is 0 Å². The highest BCUT2D eigenvalue weighted by atomic mass is 16.6. The van der Waals surface area contributed by atoms with E-state index in [1.54, 1.807) is 63.3 Å². The molecule has 0 radical (unpaired) electrons. The van der Waals surface area contributed by atoms with E-state index in [-0.39, 0.29) is 25.0 Å². The molecule has 3 aromatic carbocycles. The quantitative estimate of drug-likeness (QED) is 0.156. The Labute approximate surface area is 299 Å². The average Bonchev–Trinajstić information content (AvgIpc) is 3.14. The second-order valence-electron chi connectivity index (χ2n) is 12.4. The fourth-order valence-corrected chi connectivity index (χ4v) is 6.08. The monoisotopic (exact) mass is 707 g/mol. The minimum atomic E-state index is -0.762. The number of piperidine rings is 1. The van der Waals surface area contributed by atoms with Crippen LogP contribution in [-0.2, 0) is 36.7 Å². The number of rotatable bonds is 17. The first kappa shape index (κ1) is 38.7. The molecule has 0 bridgehead atoms. The maximum atomic E-state index is 14.0. The number of carbonyl (C=O) groups is 3. The smallest absolute Gasteiger partial charge is 0.344 e. The molecule has 1 fully saturated rings. The highest BCUT2D eigenvalue weighted by Crippen LogP contribution is 2.39. The number of nitrogens with zero attached hydrogens (tertiary/aromatic N) is 1. The van der Waals surface area contributed by atoms with E-state index >= 15 is 0 Å². The number of hydrogen-bond acceptors (Lipinski definition) is 11. The van der Waals surface area contributed by atoms with Gasteiger partial charge in [0.15, 0.2) is 29.6 Å². The number of aryl methyl sites for hydroxylation is 1. The molecule has 0 spiro atoms. The van der Waals surface area contributed by atoms with Crippen LogP contribution in [0.3, 0.4) is 0 Å². The third-order valence-electron chi connectivity index (χ3n) is 8.53. The number of benzene rings is 3. The topological polar surface area (TPSA) is 128 Å². The number of methoxy groups -OCH3 is 5. The van der Waals surface area contributed by atoms with Crippen molar-refractivity contribution in [2.75, 3.05) is 48.7 Å². The Morgan fingerprint density at radius 2 is 1.45 bits per heavy atom. The molecular weight excluding hydrogens is 658 g/mol. The van der Waals surface area contributed by atoms with Crippen molar-refractivity contribution < 1.29 is 52.3 Å². The minimum Gasteiger partial charge on any atom is -0.493 e. The Bertz CT molecular complexity index is 1610. The second-order valence-corrected chi connectivity index (χ2v) is 12.4. The van der Waals surface area contributed by atoms with E-state index in [0.29, 0.717) is 71.4 Å². The van der Waals surface area contributed by atoms with Gasteiger partial charge in [0, 0.05) is 6.54 Å². The van der Waals surface area contributed by atoms with Crippen LogP contribution in [0.15, 0.2) is 54.6 Å². The molecule has 1 aliphatic heterocycles. The van der Waals surface area contributed by atoms with Gasteiger partial charge in [-0.1, -0.05) is 18.2 Å². The van der Waals surface area contributed by atoms with Crippen molar-refractivity contribution in [2.45, 2.75) is 70.6 Å². The van der Waals surface area contributed by atoms with Gasteiger partial charge < -0.3 is 42.8 Å². The summed E-state index contributed by atoms with van der Waals surface area (Å²) in [5.74, 6) is 1.76. The minimum absolute atomic E-state index is 0.0296. The largest absolute Gasteiger partial charge is 0.493 e. The Balaban J connectivity index is 1.56. The number of ether oxygens (including phenoxy) is 8. The molecule has 12 heteroatoms. The normalized spacial score (nSPS) is 14.7. The van der Waals surface area contributed by atoms with E-state index in [4.69, 9.17) is 37.9 Å². The van der Waals surface area contributed by atoms with Gasteiger partial charge in [0.1, 0.15) is 17.9 Å². The summed E-state index contributed by atoms with van der Waals surface area (Å²) in [4.78, 5) is 41.6. The molecular formula is C39H49NO11. The van der Waals surface area contributed by atoms with Crippen molar-refractivity contribution in [3.8, 4) is 34.5 Å². The zero-order chi connectivity index (χ0) is 36.9. The van der Waals surface area contributed by atoms with Crippen molar-refractivity contribution in [1.82, 2.24) is 4.90 Å². The van der Waals surface area contributed by atoms with Crippen LogP contribution in [0.4, 0.5) is 0 Å². The fraction of sp³-hybridized carbons (Fsp3) is 0.462. The van der Waals surface area contributed by atoms with Gasteiger partial charge >= 0.3 is 11.9 Å². The number of esters is 2. The SMILES string of the molecule is COc1ccc(CC[C@@H](OC(=O)[C@@H]2CCCCN2C(=O)Cc2cc(OC)c(OC)c(OC)c2)c2cccc(OCC(=O)OC(C)C)c2)cc1OC. The Morgan fingerprint density at radius 1 is 0.765 bits per heavy atom. The number of hydrogen-bond donors (Lipinski definition) is 0. The first-order valence-corrected chi connectivity index (χ1v) is 17.0. The molecule has 0 saturated carbocycles. The zero-order valence-electron chi connectivity index (χ0n) is 30.5. The zero-order valence-corrected chi connectivity index (χ0v) is 30.5. The lowest BCUT2D eigenvalue weighted by Gasteiger charge is -2.35. The summed E-state index contributed by atoms with van der Waals surface area (Å²) >= 11 is 0. The summed E-state index contributed by atoms with van der Waals surface area (Å²) in [5, 5.41) is 0. The van der Waals surface area contributed by atoms with Crippen LogP contribution < -0.4 is 28.4 Å². The van der Waals surface area contributed by atoms with E-state index < -0.39 is 24.1 Å². The van der Waals surface area contributed by atoms with Crippen LogP contribution >= 0.6 is 0 Å². The number of likely N-dealkylation sites (tertiary alicyclic amines) is 1. The maximum absolute atomic E-state index is 14.0. The summed E-state index contributed by atoms with van der Waals surface area (Å²) in [6.07, 6.45) is 2.06. The van der Waals surface area contributed by atoms with Gasteiger partial charge in [0.2, 0.25) is 11.7 Å². The van der Waals surface area contributed by atoms with Crippen LogP contribution in [0.2, 0.25) is 0 Å². The van der Waals surface area contributed by atoms with Gasteiger partial charge in [-0.25, -0.2) is 9.59 Å². The summed E-state index contributed by atoms with van der Waals surface area (Å²) in [6.45, 7) is 3.70. The highest BCUT2D eigenvalue weighted by Gasteiger charge is 2.35. The summed E-state index contributed by atoms with van der Waals surface area (Å²) < 4.78 is 44.4. The Kier molecular flexibility index (Phi) is 14.2. The number of carbonyl (C=O) groups excluding carboxylic acids is 3.